The third kappa shape index (κ3) is 1.64. The van der Waals surface area contributed by atoms with Gasteiger partial charge >= 0.3 is 0 Å². The zero-order valence-corrected chi connectivity index (χ0v) is 10.6. The molecule has 0 N–H and O–H groups in total. The standard InChI is InChI=1S/C10H11BrClN3/c11-7-8(12)13-6-14-9(7)15-4-3-10(5-15)1-2-10/h6H,1-5H2. The van der Waals surface area contributed by atoms with Crippen molar-refractivity contribution < 1.29 is 0 Å². The molecule has 0 aromatic carbocycles. The van der Waals surface area contributed by atoms with Crippen LogP contribution in [0, 0.1) is 5.41 Å². The van der Waals surface area contributed by atoms with Crippen LogP contribution in [0.2, 0.25) is 5.15 Å². The highest BCUT2D eigenvalue weighted by Gasteiger charge is 2.48. The Hall–Kier alpha value is -0.350. The van der Waals surface area contributed by atoms with Gasteiger partial charge in [-0.1, -0.05) is 11.6 Å². The summed E-state index contributed by atoms with van der Waals surface area (Å²) in [4.78, 5) is 10.6. The molecule has 80 valence electrons. The van der Waals surface area contributed by atoms with Crippen molar-refractivity contribution in [2.45, 2.75) is 19.3 Å². The topological polar surface area (TPSA) is 29.0 Å². The van der Waals surface area contributed by atoms with E-state index in [0.29, 0.717) is 10.6 Å². The predicted octanol–water partition coefficient (Wildman–Crippen LogP) is 2.88. The summed E-state index contributed by atoms with van der Waals surface area (Å²) in [6.07, 6.45) is 5.57. The second-order valence-electron chi connectivity index (χ2n) is 4.47. The Morgan fingerprint density at radius 3 is 2.80 bits per heavy atom. The lowest BCUT2D eigenvalue weighted by atomic mass is 10.1. The fourth-order valence-corrected chi connectivity index (χ4v) is 2.84. The molecule has 2 fully saturated rings. The fourth-order valence-electron chi connectivity index (χ4n) is 2.26. The van der Waals surface area contributed by atoms with Crippen LogP contribution < -0.4 is 4.90 Å². The minimum Gasteiger partial charge on any atom is -0.355 e. The molecule has 1 spiro atoms. The molecule has 0 amide bonds. The Balaban J connectivity index is 1.90. The van der Waals surface area contributed by atoms with Crippen LogP contribution in [0.15, 0.2) is 10.8 Å². The summed E-state index contributed by atoms with van der Waals surface area (Å²) >= 11 is 9.40. The SMILES string of the molecule is Clc1ncnc(N2CCC3(CC3)C2)c1Br. The maximum atomic E-state index is 5.95. The Kier molecular flexibility index (Phi) is 2.18. The third-order valence-electron chi connectivity index (χ3n) is 3.42. The van der Waals surface area contributed by atoms with Crippen LogP contribution in [0.5, 0.6) is 0 Å². The second-order valence-corrected chi connectivity index (χ2v) is 5.62. The van der Waals surface area contributed by atoms with Gasteiger partial charge in [0.25, 0.3) is 0 Å². The van der Waals surface area contributed by atoms with Crippen LogP contribution in [0.1, 0.15) is 19.3 Å². The quantitative estimate of drug-likeness (QED) is 0.744. The van der Waals surface area contributed by atoms with Crippen LogP contribution in [0.3, 0.4) is 0 Å². The van der Waals surface area contributed by atoms with Gasteiger partial charge in [-0.15, -0.1) is 0 Å². The van der Waals surface area contributed by atoms with Crippen LogP contribution >= 0.6 is 27.5 Å². The number of nitrogens with zero attached hydrogens (tertiary/aromatic N) is 3. The number of anilines is 1. The highest BCUT2D eigenvalue weighted by Crippen LogP contribution is 2.53. The van der Waals surface area contributed by atoms with Crippen molar-refractivity contribution in [2.75, 3.05) is 18.0 Å². The lowest BCUT2D eigenvalue weighted by Crippen LogP contribution is -2.21. The van der Waals surface area contributed by atoms with E-state index >= 15 is 0 Å². The van der Waals surface area contributed by atoms with E-state index in [1.54, 1.807) is 0 Å². The molecule has 2 heterocycles. The van der Waals surface area contributed by atoms with Gasteiger partial charge in [-0.2, -0.15) is 0 Å². The Bertz CT molecular complexity index is 406. The van der Waals surface area contributed by atoms with E-state index in [9.17, 15) is 0 Å². The smallest absolute Gasteiger partial charge is 0.148 e. The third-order valence-corrected chi connectivity index (χ3v) is 4.67. The van der Waals surface area contributed by atoms with Gasteiger partial charge in [-0.25, -0.2) is 9.97 Å². The number of hydrogen-bond donors (Lipinski definition) is 0. The van der Waals surface area contributed by atoms with E-state index in [4.69, 9.17) is 11.6 Å². The van der Waals surface area contributed by atoms with E-state index in [0.717, 1.165) is 23.4 Å². The molecule has 3 nitrogen and oxygen atoms in total. The van der Waals surface area contributed by atoms with Gasteiger partial charge < -0.3 is 4.90 Å². The molecule has 3 rings (SSSR count). The van der Waals surface area contributed by atoms with Crippen LogP contribution in [-0.2, 0) is 0 Å². The van der Waals surface area contributed by atoms with Crippen molar-refractivity contribution >= 4 is 33.3 Å². The van der Waals surface area contributed by atoms with Crippen molar-refractivity contribution in [3.63, 3.8) is 0 Å². The molecular formula is C10H11BrClN3. The molecule has 1 aliphatic carbocycles. The first-order chi connectivity index (χ1) is 7.20. The molecule has 0 bridgehead atoms. The average Bonchev–Trinajstić information content (AvgIpc) is 2.83. The van der Waals surface area contributed by atoms with Gasteiger partial charge in [0, 0.05) is 13.1 Å². The zero-order chi connectivity index (χ0) is 10.5. The Morgan fingerprint density at radius 2 is 2.13 bits per heavy atom. The van der Waals surface area contributed by atoms with Gasteiger partial charge in [-0.3, -0.25) is 0 Å². The van der Waals surface area contributed by atoms with E-state index in [2.05, 4.69) is 30.8 Å². The van der Waals surface area contributed by atoms with E-state index in [-0.39, 0.29) is 0 Å². The first kappa shape index (κ1) is 9.85. The molecular weight excluding hydrogens is 277 g/mol. The molecule has 5 heteroatoms. The maximum absolute atomic E-state index is 5.95. The van der Waals surface area contributed by atoms with Gasteiger partial charge in [0.15, 0.2) is 0 Å². The van der Waals surface area contributed by atoms with Crippen molar-refractivity contribution in [3.8, 4) is 0 Å². The fraction of sp³-hybridized carbons (Fsp3) is 0.600. The Labute approximate surface area is 102 Å². The van der Waals surface area contributed by atoms with E-state index in [1.165, 1.54) is 25.6 Å². The predicted molar refractivity (Wildman–Crippen MR) is 63.2 cm³/mol. The average molecular weight is 289 g/mol. The van der Waals surface area contributed by atoms with Gasteiger partial charge in [0.2, 0.25) is 0 Å². The van der Waals surface area contributed by atoms with Gasteiger partial charge in [-0.05, 0) is 40.6 Å². The zero-order valence-electron chi connectivity index (χ0n) is 8.21. The molecule has 1 aliphatic heterocycles. The minimum absolute atomic E-state index is 0.497. The summed E-state index contributed by atoms with van der Waals surface area (Å²) < 4.78 is 0.823. The molecule has 0 atom stereocenters. The minimum atomic E-state index is 0.497. The van der Waals surface area contributed by atoms with Gasteiger partial charge in [0.05, 0.1) is 4.47 Å². The monoisotopic (exact) mass is 287 g/mol. The lowest BCUT2D eigenvalue weighted by Gasteiger charge is -2.18. The van der Waals surface area contributed by atoms with Crippen molar-refractivity contribution in [1.29, 1.82) is 0 Å². The first-order valence-electron chi connectivity index (χ1n) is 5.11. The first-order valence-corrected chi connectivity index (χ1v) is 6.28. The highest BCUT2D eigenvalue weighted by molar-refractivity contribution is 9.10. The molecule has 0 unspecified atom stereocenters. The number of hydrogen-bond acceptors (Lipinski definition) is 3. The molecule has 1 aromatic heterocycles. The van der Waals surface area contributed by atoms with Crippen LogP contribution in [-0.4, -0.2) is 23.1 Å². The summed E-state index contributed by atoms with van der Waals surface area (Å²) in [5, 5.41) is 0.497. The van der Waals surface area contributed by atoms with Gasteiger partial charge in [0.1, 0.15) is 17.3 Å². The van der Waals surface area contributed by atoms with Crippen LogP contribution in [0.4, 0.5) is 5.82 Å². The second kappa shape index (κ2) is 3.32. The normalized spacial score (nSPS) is 22.4. The number of aromatic nitrogens is 2. The number of halogens is 2. The number of rotatable bonds is 1. The molecule has 1 aromatic rings. The summed E-state index contributed by atoms with van der Waals surface area (Å²) in [6, 6.07) is 0. The van der Waals surface area contributed by atoms with E-state index in [1.807, 2.05) is 0 Å². The summed E-state index contributed by atoms with van der Waals surface area (Å²) in [7, 11) is 0. The molecule has 0 radical (unpaired) electrons. The van der Waals surface area contributed by atoms with Crippen molar-refractivity contribution in [2.24, 2.45) is 5.41 Å². The van der Waals surface area contributed by atoms with Crippen molar-refractivity contribution in [1.82, 2.24) is 9.97 Å². The largest absolute Gasteiger partial charge is 0.355 e. The molecule has 1 saturated carbocycles. The molecule has 2 aliphatic rings. The maximum Gasteiger partial charge on any atom is 0.148 e. The van der Waals surface area contributed by atoms with Crippen molar-refractivity contribution in [3.05, 3.63) is 16.0 Å². The molecule has 1 saturated heterocycles. The summed E-state index contributed by atoms with van der Waals surface area (Å²) in [6.45, 7) is 2.21. The Morgan fingerprint density at radius 1 is 1.33 bits per heavy atom. The summed E-state index contributed by atoms with van der Waals surface area (Å²) in [5.74, 6) is 0.943. The lowest BCUT2D eigenvalue weighted by molar-refractivity contribution is 0.580. The van der Waals surface area contributed by atoms with E-state index < -0.39 is 0 Å². The highest BCUT2D eigenvalue weighted by atomic mass is 79.9. The molecule has 15 heavy (non-hydrogen) atoms. The summed E-state index contributed by atoms with van der Waals surface area (Å²) in [5.41, 5.74) is 0.608. The van der Waals surface area contributed by atoms with Crippen LogP contribution in [0.25, 0.3) is 0 Å².